The first-order valence-corrected chi connectivity index (χ1v) is 10.5. The molecular weight excluding hydrogens is 396 g/mol. The number of aromatic nitrogens is 4. The van der Waals surface area contributed by atoms with Crippen LogP contribution in [0, 0.1) is 0 Å². The van der Waals surface area contributed by atoms with E-state index in [0.29, 0.717) is 48.0 Å². The number of benzene rings is 1. The van der Waals surface area contributed by atoms with Gasteiger partial charge in [-0.05, 0) is 38.3 Å². The van der Waals surface area contributed by atoms with Crippen molar-refractivity contribution in [3.8, 4) is 17.3 Å². The van der Waals surface area contributed by atoms with Gasteiger partial charge < -0.3 is 19.7 Å². The number of anilines is 2. The minimum atomic E-state index is -0.311. The highest BCUT2D eigenvalue weighted by Crippen LogP contribution is 2.32. The van der Waals surface area contributed by atoms with Crippen LogP contribution in [0.4, 0.5) is 11.5 Å². The maximum atomic E-state index is 12.7. The van der Waals surface area contributed by atoms with E-state index < -0.39 is 0 Å². The first kappa shape index (κ1) is 19.3. The number of ether oxygens (including phenoxy) is 2. The van der Waals surface area contributed by atoms with Gasteiger partial charge in [-0.2, -0.15) is 0 Å². The lowest BCUT2D eigenvalue weighted by atomic mass is 10.0. The summed E-state index contributed by atoms with van der Waals surface area (Å²) in [5, 5.41) is 2.85. The highest BCUT2D eigenvalue weighted by Gasteiger charge is 2.20. The summed E-state index contributed by atoms with van der Waals surface area (Å²) in [6.45, 7) is 4.23. The fraction of sp³-hybridized carbons (Fsp3) is 0.364. The molecule has 9 heteroatoms. The number of hydrogen-bond acceptors (Lipinski definition) is 7. The van der Waals surface area contributed by atoms with Gasteiger partial charge in [-0.1, -0.05) is 0 Å². The Kier molecular flexibility index (Phi) is 5.15. The van der Waals surface area contributed by atoms with Gasteiger partial charge >= 0.3 is 0 Å². The topological polar surface area (TPSA) is 94.4 Å². The van der Waals surface area contributed by atoms with Gasteiger partial charge in [-0.3, -0.25) is 9.36 Å². The Balaban J connectivity index is 1.32. The number of rotatable bonds is 4. The summed E-state index contributed by atoms with van der Waals surface area (Å²) in [5.74, 6) is 2.56. The van der Waals surface area contributed by atoms with Gasteiger partial charge in [0.05, 0.1) is 0 Å². The van der Waals surface area contributed by atoms with Crippen molar-refractivity contribution >= 4 is 17.4 Å². The number of amides is 1. The van der Waals surface area contributed by atoms with Gasteiger partial charge in [0.15, 0.2) is 11.5 Å². The van der Waals surface area contributed by atoms with Crippen molar-refractivity contribution in [3.05, 3.63) is 48.8 Å². The average molecular weight is 420 g/mol. The van der Waals surface area contributed by atoms with E-state index in [1.54, 1.807) is 41.6 Å². The fourth-order valence-corrected chi connectivity index (χ4v) is 3.96. The minimum Gasteiger partial charge on any atom is -0.486 e. The molecule has 1 atom stereocenters. The molecule has 0 spiro atoms. The summed E-state index contributed by atoms with van der Waals surface area (Å²) in [4.78, 5) is 28.1. The fourth-order valence-electron chi connectivity index (χ4n) is 3.96. The molecule has 0 saturated carbocycles. The van der Waals surface area contributed by atoms with E-state index in [1.807, 2.05) is 6.07 Å². The normalized spacial score (nSPS) is 18.0. The number of carbonyl (C=O) groups excluding carboxylic acids is 1. The Labute approximate surface area is 180 Å². The third-order valence-corrected chi connectivity index (χ3v) is 5.62. The van der Waals surface area contributed by atoms with Crippen LogP contribution in [0.1, 0.15) is 36.7 Å². The molecule has 1 aromatic carbocycles. The molecule has 1 amide bonds. The second-order valence-electron chi connectivity index (χ2n) is 7.75. The van der Waals surface area contributed by atoms with Gasteiger partial charge in [0, 0.05) is 36.6 Å². The zero-order valence-corrected chi connectivity index (χ0v) is 17.3. The predicted molar refractivity (Wildman–Crippen MR) is 115 cm³/mol. The van der Waals surface area contributed by atoms with Gasteiger partial charge in [-0.15, -0.1) is 0 Å². The highest BCUT2D eigenvalue weighted by atomic mass is 16.6. The standard InChI is InChI=1S/C22H24N6O3/c1-15-4-2-3-7-28(15)21-11-20(23-13-24-21)27-12-17(25-14-27)22(29)26-16-5-6-18-19(10-16)31-9-8-30-18/h5-6,10-15H,2-4,7-9H2,1H3,(H,26,29)/t15-/m0/s1. The zero-order chi connectivity index (χ0) is 21.2. The lowest BCUT2D eigenvalue weighted by Crippen LogP contribution is -2.38. The van der Waals surface area contributed by atoms with E-state index in [9.17, 15) is 4.79 Å². The molecule has 31 heavy (non-hydrogen) atoms. The molecule has 0 unspecified atom stereocenters. The lowest BCUT2D eigenvalue weighted by molar-refractivity contribution is 0.102. The van der Waals surface area contributed by atoms with Crippen molar-refractivity contribution in [3.63, 3.8) is 0 Å². The summed E-state index contributed by atoms with van der Waals surface area (Å²) < 4.78 is 12.8. The Hall–Kier alpha value is -3.62. The molecule has 5 rings (SSSR count). The minimum absolute atomic E-state index is 0.293. The van der Waals surface area contributed by atoms with Crippen LogP contribution in [0.25, 0.3) is 5.82 Å². The van der Waals surface area contributed by atoms with Crippen molar-refractivity contribution in [2.45, 2.75) is 32.2 Å². The van der Waals surface area contributed by atoms with Crippen molar-refractivity contribution in [1.82, 2.24) is 19.5 Å². The van der Waals surface area contributed by atoms with Gasteiger partial charge in [0.1, 0.15) is 43.2 Å². The monoisotopic (exact) mass is 420 g/mol. The van der Waals surface area contributed by atoms with Crippen LogP contribution >= 0.6 is 0 Å². The summed E-state index contributed by atoms with van der Waals surface area (Å²) in [5.41, 5.74) is 0.911. The average Bonchev–Trinajstić information content (AvgIpc) is 3.30. The van der Waals surface area contributed by atoms with Gasteiger partial charge in [0.25, 0.3) is 5.91 Å². The first-order valence-electron chi connectivity index (χ1n) is 10.5. The third kappa shape index (κ3) is 4.03. The molecule has 9 nitrogen and oxygen atoms in total. The summed E-state index contributed by atoms with van der Waals surface area (Å²) in [6, 6.07) is 7.70. The molecule has 1 N–H and O–H groups in total. The predicted octanol–water partition coefficient (Wildman–Crippen LogP) is 3.06. The number of hydrogen-bond donors (Lipinski definition) is 1. The van der Waals surface area contributed by atoms with E-state index >= 15 is 0 Å². The van der Waals surface area contributed by atoms with E-state index in [1.165, 1.54) is 12.8 Å². The third-order valence-electron chi connectivity index (χ3n) is 5.62. The maximum Gasteiger partial charge on any atom is 0.275 e. The van der Waals surface area contributed by atoms with Gasteiger partial charge in [0.2, 0.25) is 0 Å². The number of imidazole rings is 1. The van der Waals surface area contributed by atoms with E-state index in [4.69, 9.17) is 9.47 Å². The number of nitrogens with one attached hydrogen (secondary N) is 1. The molecule has 1 fully saturated rings. The summed E-state index contributed by atoms with van der Waals surface area (Å²) in [7, 11) is 0. The molecule has 2 aliphatic heterocycles. The molecule has 160 valence electrons. The van der Waals surface area contributed by atoms with Crippen LogP contribution < -0.4 is 19.7 Å². The summed E-state index contributed by atoms with van der Waals surface area (Å²) >= 11 is 0. The van der Waals surface area contributed by atoms with Gasteiger partial charge in [-0.25, -0.2) is 15.0 Å². The Morgan fingerprint density at radius 3 is 2.77 bits per heavy atom. The van der Waals surface area contributed by atoms with Crippen LogP contribution in [0.2, 0.25) is 0 Å². The van der Waals surface area contributed by atoms with Crippen LogP contribution in [0.3, 0.4) is 0 Å². The van der Waals surface area contributed by atoms with Crippen LogP contribution in [-0.4, -0.2) is 51.2 Å². The number of nitrogens with zero attached hydrogens (tertiary/aromatic N) is 5. The molecule has 3 aromatic rings. The molecule has 0 aliphatic carbocycles. The quantitative estimate of drug-likeness (QED) is 0.693. The molecule has 2 aromatic heterocycles. The Bertz CT molecular complexity index is 1100. The molecule has 1 saturated heterocycles. The second-order valence-corrected chi connectivity index (χ2v) is 7.75. The Morgan fingerprint density at radius 2 is 1.90 bits per heavy atom. The smallest absolute Gasteiger partial charge is 0.275 e. The van der Waals surface area contributed by atoms with Crippen molar-refractivity contribution < 1.29 is 14.3 Å². The highest BCUT2D eigenvalue weighted by molar-refractivity contribution is 6.02. The molecular formula is C22H24N6O3. The first-order chi connectivity index (χ1) is 15.2. The number of fused-ring (bicyclic) bond motifs is 1. The van der Waals surface area contributed by atoms with Crippen molar-refractivity contribution in [1.29, 1.82) is 0 Å². The summed E-state index contributed by atoms with van der Waals surface area (Å²) in [6.07, 6.45) is 8.39. The van der Waals surface area contributed by atoms with E-state index in [-0.39, 0.29) is 5.91 Å². The van der Waals surface area contributed by atoms with E-state index in [0.717, 1.165) is 18.8 Å². The zero-order valence-electron chi connectivity index (χ0n) is 17.3. The molecule has 4 heterocycles. The number of piperidine rings is 1. The van der Waals surface area contributed by atoms with Crippen LogP contribution in [0.15, 0.2) is 43.1 Å². The second kappa shape index (κ2) is 8.25. The van der Waals surface area contributed by atoms with E-state index in [2.05, 4.69) is 32.1 Å². The molecule has 0 radical (unpaired) electrons. The molecule has 0 bridgehead atoms. The maximum absolute atomic E-state index is 12.7. The van der Waals surface area contributed by atoms with Crippen LogP contribution in [-0.2, 0) is 0 Å². The SMILES string of the molecule is C[C@H]1CCCCN1c1cc(-n2cnc(C(=O)Nc3ccc4c(c3)OCCO4)c2)ncn1. The number of carbonyl (C=O) groups is 1. The molecule has 2 aliphatic rings. The van der Waals surface area contributed by atoms with Crippen molar-refractivity contribution in [2.24, 2.45) is 0 Å². The van der Waals surface area contributed by atoms with Crippen molar-refractivity contribution in [2.75, 3.05) is 30.0 Å². The lowest BCUT2D eigenvalue weighted by Gasteiger charge is -2.34. The largest absolute Gasteiger partial charge is 0.486 e. The Morgan fingerprint density at radius 1 is 1.06 bits per heavy atom. The van der Waals surface area contributed by atoms with Crippen LogP contribution in [0.5, 0.6) is 11.5 Å².